The van der Waals surface area contributed by atoms with E-state index < -0.39 is 12.6 Å². The fourth-order valence-electron chi connectivity index (χ4n) is 2.11. The standard InChI is InChI=1S/C12H24F3N/c1-9(8-11(2,3)4)7-10(16)5-6-12(13,14)15/h9-10H,5-8,16H2,1-4H3. The summed E-state index contributed by atoms with van der Waals surface area (Å²) < 4.78 is 35.9. The molecule has 4 heteroatoms. The van der Waals surface area contributed by atoms with Gasteiger partial charge in [-0.15, -0.1) is 0 Å². The molecule has 0 aliphatic heterocycles. The van der Waals surface area contributed by atoms with Crippen LogP contribution < -0.4 is 5.73 Å². The van der Waals surface area contributed by atoms with E-state index in [0.717, 1.165) is 6.42 Å². The summed E-state index contributed by atoms with van der Waals surface area (Å²) in [6.45, 7) is 8.44. The molecule has 2 atom stereocenters. The van der Waals surface area contributed by atoms with Crippen LogP contribution in [0.1, 0.15) is 53.4 Å². The van der Waals surface area contributed by atoms with E-state index in [4.69, 9.17) is 5.73 Å². The van der Waals surface area contributed by atoms with Crippen molar-refractivity contribution in [2.45, 2.75) is 65.6 Å². The fourth-order valence-corrected chi connectivity index (χ4v) is 2.11. The van der Waals surface area contributed by atoms with Gasteiger partial charge in [-0.1, -0.05) is 27.7 Å². The van der Waals surface area contributed by atoms with Crippen molar-refractivity contribution in [3.05, 3.63) is 0 Å². The average molecular weight is 239 g/mol. The van der Waals surface area contributed by atoms with Crippen molar-refractivity contribution in [2.75, 3.05) is 0 Å². The number of hydrogen-bond donors (Lipinski definition) is 1. The maximum Gasteiger partial charge on any atom is 0.389 e. The predicted molar refractivity (Wildman–Crippen MR) is 61.1 cm³/mol. The minimum absolute atomic E-state index is 0.0397. The zero-order valence-electron chi connectivity index (χ0n) is 10.7. The van der Waals surface area contributed by atoms with Gasteiger partial charge in [-0.2, -0.15) is 13.2 Å². The molecule has 0 aromatic rings. The smallest absolute Gasteiger partial charge is 0.328 e. The summed E-state index contributed by atoms with van der Waals surface area (Å²) >= 11 is 0. The van der Waals surface area contributed by atoms with E-state index in [1.165, 1.54) is 0 Å². The molecule has 0 saturated heterocycles. The monoisotopic (exact) mass is 239 g/mol. The lowest BCUT2D eigenvalue weighted by atomic mass is 9.82. The third kappa shape index (κ3) is 10.3. The summed E-state index contributed by atoms with van der Waals surface area (Å²) in [5, 5.41) is 0. The molecule has 2 unspecified atom stereocenters. The summed E-state index contributed by atoms with van der Waals surface area (Å²) in [7, 11) is 0. The van der Waals surface area contributed by atoms with E-state index in [9.17, 15) is 13.2 Å². The molecule has 0 aromatic heterocycles. The van der Waals surface area contributed by atoms with E-state index in [0.29, 0.717) is 12.3 Å². The third-order valence-corrected chi connectivity index (χ3v) is 2.46. The van der Waals surface area contributed by atoms with Crippen LogP contribution in [0.4, 0.5) is 13.2 Å². The topological polar surface area (TPSA) is 26.0 Å². The Morgan fingerprint density at radius 3 is 2.00 bits per heavy atom. The van der Waals surface area contributed by atoms with Gasteiger partial charge in [0.15, 0.2) is 0 Å². The molecular formula is C12H24F3N. The SMILES string of the molecule is CC(CC(N)CCC(F)(F)F)CC(C)(C)C. The van der Waals surface area contributed by atoms with Crippen LogP contribution in [0, 0.1) is 11.3 Å². The Morgan fingerprint density at radius 1 is 1.12 bits per heavy atom. The first-order valence-electron chi connectivity index (χ1n) is 5.82. The van der Waals surface area contributed by atoms with Crippen molar-refractivity contribution in [2.24, 2.45) is 17.1 Å². The molecule has 2 N–H and O–H groups in total. The van der Waals surface area contributed by atoms with Gasteiger partial charge in [0.1, 0.15) is 0 Å². The summed E-state index contributed by atoms with van der Waals surface area (Å²) in [5.74, 6) is 0.378. The second-order valence-corrected chi connectivity index (χ2v) is 6.02. The van der Waals surface area contributed by atoms with Gasteiger partial charge >= 0.3 is 6.18 Å². The number of rotatable bonds is 5. The lowest BCUT2D eigenvalue weighted by Gasteiger charge is -2.25. The summed E-state index contributed by atoms with van der Waals surface area (Å²) in [6.07, 6.45) is -3.14. The number of nitrogens with two attached hydrogens (primary N) is 1. The Hall–Kier alpha value is -0.250. The van der Waals surface area contributed by atoms with Crippen LogP contribution in [0.15, 0.2) is 0 Å². The first-order valence-corrected chi connectivity index (χ1v) is 5.82. The molecule has 0 spiro atoms. The van der Waals surface area contributed by atoms with Gasteiger partial charge in [0.25, 0.3) is 0 Å². The molecule has 0 aromatic carbocycles. The molecule has 0 saturated carbocycles. The van der Waals surface area contributed by atoms with E-state index in [2.05, 4.69) is 27.7 Å². The van der Waals surface area contributed by atoms with Crippen LogP contribution in [-0.2, 0) is 0 Å². The molecule has 1 nitrogen and oxygen atoms in total. The first-order chi connectivity index (χ1) is 6.99. The summed E-state index contributed by atoms with van der Waals surface area (Å²) in [4.78, 5) is 0. The fraction of sp³-hybridized carbons (Fsp3) is 1.00. The molecule has 0 amide bonds. The van der Waals surface area contributed by atoms with E-state index in [-0.39, 0.29) is 17.9 Å². The molecule has 16 heavy (non-hydrogen) atoms. The molecule has 0 rings (SSSR count). The molecule has 0 aliphatic rings. The van der Waals surface area contributed by atoms with Gasteiger partial charge in [0.05, 0.1) is 0 Å². The van der Waals surface area contributed by atoms with Crippen molar-refractivity contribution in [3.8, 4) is 0 Å². The van der Waals surface area contributed by atoms with E-state index in [1.807, 2.05) is 0 Å². The Labute approximate surface area is 96.6 Å². The zero-order valence-corrected chi connectivity index (χ0v) is 10.7. The highest BCUT2D eigenvalue weighted by molar-refractivity contribution is 4.72. The van der Waals surface area contributed by atoms with Crippen LogP contribution in [0.5, 0.6) is 0 Å². The maximum absolute atomic E-state index is 12.0. The van der Waals surface area contributed by atoms with Crippen LogP contribution in [-0.4, -0.2) is 12.2 Å². The van der Waals surface area contributed by atoms with Gasteiger partial charge in [-0.05, 0) is 30.6 Å². The van der Waals surface area contributed by atoms with Gasteiger partial charge in [0, 0.05) is 12.5 Å². The van der Waals surface area contributed by atoms with Crippen LogP contribution in [0.25, 0.3) is 0 Å². The van der Waals surface area contributed by atoms with Gasteiger partial charge in [-0.3, -0.25) is 0 Å². The van der Waals surface area contributed by atoms with Crippen molar-refractivity contribution >= 4 is 0 Å². The zero-order chi connectivity index (χ0) is 13.0. The Kier molecular flexibility index (Phi) is 5.80. The van der Waals surface area contributed by atoms with Crippen molar-refractivity contribution in [1.29, 1.82) is 0 Å². The quantitative estimate of drug-likeness (QED) is 0.767. The molecule has 0 bridgehead atoms. The minimum atomic E-state index is -4.08. The molecule has 0 fully saturated rings. The van der Waals surface area contributed by atoms with Crippen molar-refractivity contribution < 1.29 is 13.2 Å². The van der Waals surface area contributed by atoms with Gasteiger partial charge in [0.2, 0.25) is 0 Å². The largest absolute Gasteiger partial charge is 0.389 e. The van der Waals surface area contributed by atoms with E-state index >= 15 is 0 Å². The highest BCUT2D eigenvalue weighted by Gasteiger charge is 2.28. The lowest BCUT2D eigenvalue weighted by molar-refractivity contribution is -0.136. The highest BCUT2D eigenvalue weighted by atomic mass is 19.4. The number of alkyl halides is 3. The van der Waals surface area contributed by atoms with Crippen molar-refractivity contribution in [1.82, 2.24) is 0 Å². The van der Waals surface area contributed by atoms with Crippen LogP contribution in [0.3, 0.4) is 0 Å². The molecular weight excluding hydrogens is 215 g/mol. The Balaban J connectivity index is 3.83. The predicted octanol–water partition coefficient (Wildman–Crippen LogP) is 4.12. The average Bonchev–Trinajstić information content (AvgIpc) is 1.95. The minimum Gasteiger partial charge on any atom is -0.328 e. The number of halogens is 3. The summed E-state index contributed by atoms with van der Waals surface area (Å²) in [5.41, 5.74) is 5.91. The van der Waals surface area contributed by atoms with E-state index in [1.54, 1.807) is 0 Å². The highest BCUT2D eigenvalue weighted by Crippen LogP contribution is 2.28. The first kappa shape index (κ1) is 15.8. The normalized spacial score (nSPS) is 17.2. The maximum atomic E-state index is 12.0. The van der Waals surface area contributed by atoms with Crippen LogP contribution in [0.2, 0.25) is 0 Å². The molecule has 98 valence electrons. The molecule has 0 radical (unpaired) electrons. The third-order valence-electron chi connectivity index (χ3n) is 2.46. The second kappa shape index (κ2) is 5.89. The Morgan fingerprint density at radius 2 is 1.62 bits per heavy atom. The Bertz CT molecular complexity index is 193. The van der Waals surface area contributed by atoms with Gasteiger partial charge in [-0.25, -0.2) is 0 Å². The lowest BCUT2D eigenvalue weighted by Crippen LogP contribution is -2.26. The molecule has 0 aliphatic carbocycles. The second-order valence-electron chi connectivity index (χ2n) is 6.02. The van der Waals surface area contributed by atoms with Crippen molar-refractivity contribution in [3.63, 3.8) is 0 Å². The summed E-state index contributed by atoms with van der Waals surface area (Å²) in [6, 6.07) is -0.334. The van der Waals surface area contributed by atoms with Gasteiger partial charge < -0.3 is 5.73 Å². The molecule has 0 heterocycles. The van der Waals surface area contributed by atoms with Crippen LogP contribution >= 0.6 is 0 Å². The number of hydrogen-bond acceptors (Lipinski definition) is 1.